The number of hydrogen-bond donors (Lipinski definition) is 2. The molecule has 0 aliphatic heterocycles. The molecular formula is C14H19N5. The van der Waals surface area contributed by atoms with Gasteiger partial charge in [0.2, 0.25) is 5.95 Å². The monoisotopic (exact) mass is 257 g/mol. The van der Waals surface area contributed by atoms with Crippen molar-refractivity contribution in [3.8, 4) is 0 Å². The van der Waals surface area contributed by atoms with Crippen LogP contribution in [0.4, 0.5) is 17.5 Å². The Hall–Kier alpha value is -2.17. The molecule has 0 aliphatic rings. The van der Waals surface area contributed by atoms with E-state index in [0.717, 1.165) is 17.7 Å². The van der Waals surface area contributed by atoms with Gasteiger partial charge in [-0.05, 0) is 31.9 Å². The number of benzene rings is 1. The Labute approximate surface area is 113 Å². The van der Waals surface area contributed by atoms with Crippen LogP contribution in [-0.4, -0.2) is 21.2 Å². The summed E-state index contributed by atoms with van der Waals surface area (Å²) in [6, 6.07) is 8.39. The fourth-order valence-electron chi connectivity index (χ4n) is 1.60. The highest BCUT2D eigenvalue weighted by Gasteiger charge is 2.04. The highest BCUT2D eigenvalue weighted by molar-refractivity contribution is 5.59. The molecule has 0 radical (unpaired) electrons. The van der Waals surface area contributed by atoms with Gasteiger partial charge in [-0.1, -0.05) is 25.1 Å². The second-order valence-electron chi connectivity index (χ2n) is 4.56. The highest BCUT2D eigenvalue weighted by atomic mass is 15.3. The van der Waals surface area contributed by atoms with Crippen molar-refractivity contribution in [2.24, 2.45) is 0 Å². The number of nitrogens with one attached hydrogen (secondary N) is 2. The summed E-state index contributed by atoms with van der Waals surface area (Å²) in [7, 11) is 0. The minimum Gasteiger partial charge on any atom is -0.350 e. The predicted octanol–water partition coefficient (Wildman–Crippen LogP) is 3.13. The lowest BCUT2D eigenvalue weighted by Crippen LogP contribution is -2.16. The predicted molar refractivity (Wildman–Crippen MR) is 77.7 cm³/mol. The van der Waals surface area contributed by atoms with Gasteiger partial charge in [0, 0.05) is 11.7 Å². The third kappa shape index (κ3) is 3.64. The number of para-hydroxylation sites is 1. The number of rotatable bonds is 5. The first-order valence-corrected chi connectivity index (χ1v) is 6.48. The Bertz CT molecular complexity index is 541. The van der Waals surface area contributed by atoms with Crippen molar-refractivity contribution in [3.05, 3.63) is 36.0 Å². The van der Waals surface area contributed by atoms with Crippen LogP contribution in [0, 0.1) is 6.92 Å². The normalized spacial score (nSPS) is 11.9. The zero-order valence-corrected chi connectivity index (χ0v) is 11.5. The molecule has 19 heavy (non-hydrogen) atoms. The molecule has 1 aromatic heterocycles. The van der Waals surface area contributed by atoms with Crippen molar-refractivity contribution in [1.82, 2.24) is 15.2 Å². The van der Waals surface area contributed by atoms with Gasteiger partial charge in [0.05, 0.1) is 6.20 Å². The maximum Gasteiger partial charge on any atom is 0.244 e. The average Bonchev–Trinajstić information content (AvgIpc) is 2.42. The van der Waals surface area contributed by atoms with Gasteiger partial charge in [0.25, 0.3) is 0 Å². The van der Waals surface area contributed by atoms with Crippen LogP contribution in [0.2, 0.25) is 0 Å². The molecule has 0 fully saturated rings. The average molecular weight is 257 g/mol. The summed E-state index contributed by atoms with van der Waals surface area (Å²) in [4.78, 5) is 4.40. The minimum absolute atomic E-state index is 0.329. The van der Waals surface area contributed by atoms with Gasteiger partial charge in [0.15, 0.2) is 5.82 Å². The Balaban J connectivity index is 2.13. The Morgan fingerprint density at radius 1 is 1.26 bits per heavy atom. The Kier molecular flexibility index (Phi) is 4.28. The van der Waals surface area contributed by atoms with E-state index in [1.54, 1.807) is 6.20 Å². The summed E-state index contributed by atoms with van der Waals surface area (Å²) in [6.45, 7) is 6.25. The van der Waals surface area contributed by atoms with Crippen LogP contribution in [0.5, 0.6) is 0 Å². The number of aryl methyl sites for hydroxylation is 1. The third-order valence-electron chi connectivity index (χ3n) is 2.95. The molecular weight excluding hydrogens is 238 g/mol. The first-order chi connectivity index (χ1) is 9.19. The first-order valence-electron chi connectivity index (χ1n) is 6.48. The van der Waals surface area contributed by atoms with E-state index < -0.39 is 0 Å². The molecule has 0 bridgehead atoms. The lowest BCUT2D eigenvalue weighted by molar-refractivity contribution is 0.746. The summed E-state index contributed by atoms with van der Waals surface area (Å²) in [5.41, 5.74) is 2.19. The number of nitrogens with zero attached hydrogens (tertiary/aromatic N) is 3. The quantitative estimate of drug-likeness (QED) is 0.861. The van der Waals surface area contributed by atoms with Crippen LogP contribution in [0.15, 0.2) is 30.5 Å². The van der Waals surface area contributed by atoms with Crippen LogP contribution in [0.3, 0.4) is 0 Å². The molecule has 5 heteroatoms. The second-order valence-corrected chi connectivity index (χ2v) is 4.56. The second kappa shape index (κ2) is 6.13. The standard InChI is InChI=1S/C14H19N5/c1-4-11(3)16-14-18-13(9-15-19-14)17-12-8-6-5-7-10(12)2/h5-9,11H,4H2,1-3H3,(H2,16,17,18,19). The van der Waals surface area contributed by atoms with E-state index in [4.69, 9.17) is 0 Å². The van der Waals surface area contributed by atoms with E-state index in [1.165, 1.54) is 0 Å². The minimum atomic E-state index is 0.329. The maximum atomic E-state index is 4.40. The van der Waals surface area contributed by atoms with Crippen LogP contribution < -0.4 is 10.6 Å². The van der Waals surface area contributed by atoms with E-state index >= 15 is 0 Å². The van der Waals surface area contributed by atoms with Gasteiger partial charge in [-0.15, -0.1) is 5.10 Å². The van der Waals surface area contributed by atoms with E-state index in [-0.39, 0.29) is 0 Å². The summed E-state index contributed by atoms with van der Waals surface area (Å²) < 4.78 is 0. The molecule has 0 aliphatic carbocycles. The smallest absolute Gasteiger partial charge is 0.244 e. The van der Waals surface area contributed by atoms with Gasteiger partial charge in [-0.2, -0.15) is 10.1 Å². The van der Waals surface area contributed by atoms with Crippen molar-refractivity contribution < 1.29 is 0 Å². The molecule has 0 saturated heterocycles. The van der Waals surface area contributed by atoms with Crippen LogP contribution in [-0.2, 0) is 0 Å². The molecule has 1 atom stereocenters. The van der Waals surface area contributed by atoms with Crippen LogP contribution in [0.25, 0.3) is 0 Å². The molecule has 0 spiro atoms. The fraction of sp³-hybridized carbons (Fsp3) is 0.357. The molecule has 2 rings (SSSR count). The number of anilines is 3. The molecule has 2 aromatic rings. The van der Waals surface area contributed by atoms with E-state index in [9.17, 15) is 0 Å². The molecule has 1 unspecified atom stereocenters. The summed E-state index contributed by atoms with van der Waals surface area (Å²) in [5.74, 6) is 1.24. The zero-order valence-electron chi connectivity index (χ0n) is 11.5. The maximum absolute atomic E-state index is 4.40. The van der Waals surface area contributed by atoms with Crippen molar-refractivity contribution in [1.29, 1.82) is 0 Å². The molecule has 5 nitrogen and oxygen atoms in total. The molecule has 1 heterocycles. The van der Waals surface area contributed by atoms with Crippen molar-refractivity contribution in [2.75, 3.05) is 10.6 Å². The summed E-state index contributed by atoms with van der Waals surface area (Å²) in [6.07, 6.45) is 2.63. The van der Waals surface area contributed by atoms with Crippen molar-refractivity contribution in [2.45, 2.75) is 33.2 Å². The van der Waals surface area contributed by atoms with Gasteiger partial charge in [-0.3, -0.25) is 0 Å². The van der Waals surface area contributed by atoms with Crippen LogP contribution in [0.1, 0.15) is 25.8 Å². The van der Waals surface area contributed by atoms with E-state index in [2.05, 4.69) is 52.7 Å². The van der Waals surface area contributed by atoms with Gasteiger partial charge in [0.1, 0.15) is 0 Å². The Morgan fingerprint density at radius 2 is 2.05 bits per heavy atom. The fourth-order valence-corrected chi connectivity index (χ4v) is 1.60. The molecule has 0 amide bonds. The molecule has 0 saturated carbocycles. The van der Waals surface area contributed by atoms with E-state index in [0.29, 0.717) is 17.8 Å². The molecule has 1 aromatic carbocycles. The van der Waals surface area contributed by atoms with Crippen molar-refractivity contribution >= 4 is 17.5 Å². The lowest BCUT2D eigenvalue weighted by atomic mass is 10.2. The van der Waals surface area contributed by atoms with Crippen molar-refractivity contribution in [3.63, 3.8) is 0 Å². The Morgan fingerprint density at radius 3 is 2.79 bits per heavy atom. The summed E-state index contributed by atoms with van der Waals surface area (Å²) in [5, 5.41) is 14.4. The SMILES string of the molecule is CCC(C)Nc1nncc(Nc2ccccc2C)n1. The van der Waals surface area contributed by atoms with Gasteiger partial charge in [-0.25, -0.2) is 0 Å². The first kappa shape index (κ1) is 13.3. The number of hydrogen-bond acceptors (Lipinski definition) is 5. The zero-order chi connectivity index (χ0) is 13.7. The van der Waals surface area contributed by atoms with Gasteiger partial charge >= 0.3 is 0 Å². The lowest BCUT2D eigenvalue weighted by Gasteiger charge is -2.12. The highest BCUT2D eigenvalue weighted by Crippen LogP contribution is 2.18. The third-order valence-corrected chi connectivity index (χ3v) is 2.95. The molecule has 100 valence electrons. The molecule has 2 N–H and O–H groups in total. The van der Waals surface area contributed by atoms with E-state index in [1.807, 2.05) is 18.2 Å². The van der Waals surface area contributed by atoms with Gasteiger partial charge < -0.3 is 10.6 Å². The summed E-state index contributed by atoms with van der Waals surface area (Å²) >= 11 is 0. The van der Waals surface area contributed by atoms with Crippen LogP contribution >= 0.6 is 0 Å². The number of aromatic nitrogens is 3. The largest absolute Gasteiger partial charge is 0.350 e. The topological polar surface area (TPSA) is 62.7 Å².